The second kappa shape index (κ2) is 7.64. The van der Waals surface area contributed by atoms with E-state index in [0.29, 0.717) is 0 Å². The van der Waals surface area contributed by atoms with Crippen molar-refractivity contribution in [1.29, 1.82) is 0 Å². The summed E-state index contributed by atoms with van der Waals surface area (Å²) in [5, 5.41) is 3.46. The first kappa shape index (κ1) is 20.2. The van der Waals surface area contributed by atoms with Crippen LogP contribution in [0, 0.1) is 0 Å². The number of nitrogens with zero attached hydrogens (tertiary/aromatic N) is 1. The van der Waals surface area contributed by atoms with Gasteiger partial charge < -0.3 is 9.47 Å². The number of benzene rings is 1. The first-order valence-corrected chi connectivity index (χ1v) is 9.47. The Hall–Kier alpha value is -1.11. The van der Waals surface area contributed by atoms with E-state index in [1.807, 2.05) is 53.7 Å². The third-order valence-corrected chi connectivity index (χ3v) is 4.58. The molecule has 5 nitrogen and oxygen atoms in total. The molecule has 0 saturated carbocycles. The molecule has 1 fully saturated rings. The summed E-state index contributed by atoms with van der Waals surface area (Å²) in [7, 11) is 0. The van der Waals surface area contributed by atoms with Gasteiger partial charge in [-0.25, -0.2) is 4.79 Å². The molecule has 1 heterocycles. The van der Waals surface area contributed by atoms with E-state index in [-0.39, 0.29) is 18.4 Å². The van der Waals surface area contributed by atoms with E-state index >= 15 is 0 Å². The maximum Gasteiger partial charge on any atom is 0.413 e. The summed E-state index contributed by atoms with van der Waals surface area (Å²) in [5.74, 6) is 0. The van der Waals surface area contributed by atoms with Crippen molar-refractivity contribution in [3.63, 3.8) is 0 Å². The van der Waals surface area contributed by atoms with Crippen LogP contribution in [0.25, 0.3) is 0 Å². The van der Waals surface area contributed by atoms with Crippen molar-refractivity contribution >= 4 is 22.0 Å². The van der Waals surface area contributed by atoms with Crippen LogP contribution in [0.3, 0.4) is 0 Å². The summed E-state index contributed by atoms with van der Waals surface area (Å²) in [6.07, 6.45) is 0.176. The fraction of sp³-hybridized carbons (Fsp3) is 0.632. The van der Waals surface area contributed by atoms with Gasteiger partial charge in [0.1, 0.15) is 17.5 Å². The van der Waals surface area contributed by atoms with E-state index in [2.05, 4.69) is 33.4 Å². The number of carbonyl (C=O) groups excluding carboxylic acids is 1. The minimum atomic E-state index is -0.711. The molecule has 0 spiro atoms. The summed E-state index contributed by atoms with van der Waals surface area (Å²) in [4.78, 5) is 14.4. The van der Waals surface area contributed by atoms with Crippen molar-refractivity contribution in [3.05, 3.63) is 34.3 Å². The van der Waals surface area contributed by atoms with Gasteiger partial charge in [0.05, 0.1) is 6.10 Å². The van der Waals surface area contributed by atoms with Crippen molar-refractivity contribution in [2.45, 2.75) is 71.6 Å². The van der Waals surface area contributed by atoms with Gasteiger partial charge in [-0.2, -0.15) is 0 Å². The quantitative estimate of drug-likeness (QED) is 0.800. The molecule has 1 aliphatic rings. The van der Waals surface area contributed by atoms with Crippen molar-refractivity contribution < 1.29 is 14.3 Å². The number of nitrogens with one attached hydrogen (secondary N) is 1. The largest absolute Gasteiger partial charge is 0.444 e. The fourth-order valence-corrected chi connectivity index (χ4v) is 3.30. The second-order valence-electron chi connectivity index (χ2n) is 7.90. The van der Waals surface area contributed by atoms with Gasteiger partial charge in [0, 0.05) is 11.0 Å². The van der Waals surface area contributed by atoms with Crippen LogP contribution in [0.2, 0.25) is 0 Å². The number of hydrogen-bond acceptors (Lipinski definition) is 4. The molecule has 25 heavy (non-hydrogen) atoms. The molecule has 0 bridgehead atoms. The predicted molar refractivity (Wildman–Crippen MR) is 102 cm³/mol. The molecule has 0 aromatic heterocycles. The van der Waals surface area contributed by atoms with Gasteiger partial charge in [0.15, 0.2) is 0 Å². The highest BCUT2D eigenvalue weighted by molar-refractivity contribution is 9.10. The predicted octanol–water partition coefficient (Wildman–Crippen LogP) is 4.30. The Morgan fingerprint density at radius 2 is 1.92 bits per heavy atom. The summed E-state index contributed by atoms with van der Waals surface area (Å²) in [6.45, 7) is 12.1. The molecule has 1 aromatic carbocycles. The Labute approximate surface area is 159 Å². The van der Waals surface area contributed by atoms with Crippen LogP contribution in [0.1, 0.15) is 47.1 Å². The van der Waals surface area contributed by atoms with E-state index in [1.54, 1.807) is 4.90 Å². The Bertz CT molecular complexity index is 596. The van der Waals surface area contributed by atoms with Crippen LogP contribution in [-0.2, 0) is 15.9 Å². The molecule has 0 aliphatic carbocycles. The molecular formula is C19H29BrN2O3. The minimum absolute atomic E-state index is 0.118. The van der Waals surface area contributed by atoms with Crippen LogP contribution >= 0.6 is 15.9 Å². The van der Waals surface area contributed by atoms with Crippen molar-refractivity contribution in [2.75, 3.05) is 6.54 Å². The summed E-state index contributed by atoms with van der Waals surface area (Å²) < 4.78 is 12.6. The van der Waals surface area contributed by atoms with Crippen LogP contribution in [0.5, 0.6) is 0 Å². The van der Waals surface area contributed by atoms with E-state index < -0.39 is 11.3 Å². The lowest BCUT2D eigenvalue weighted by Gasteiger charge is -2.35. The lowest BCUT2D eigenvalue weighted by atomic mass is 10.1. The number of hydrogen-bond donors (Lipinski definition) is 1. The SMILES string of the molecule is C[C@@H]1OC(C)(C)N(C(=O)OC(C)(C)C)[C@H]1NCCc1ccc(Br)cc1. The highest BCUT2D eigenvalue weighted by Crippen LogP contribution is 2.32. The third-order valence-electron chi connectivity index (χ3n) is 4.05. The van der Waals surface area contributed by atoms with E-state index in [1.165, 1.54) is 5.56 Å². The Kier molecular flexibility index (Phi) is 6.17. The topological polar surface area (TPSA) is 50.8 Å². The van der Waals surface area contributed by atoms with Crippen LogP contribution < -0.4 is 5.32 Å². The molecule has 1 amide bonds. The Morgan fingerprint density at radius 3 is 2.48 bits per heavy atom. The minimum Gasteiger partial charge on any atom is -0.444 e. The second-order valence-corrected chi connectivity index (χ2v) is 8.81. The highest BCUT2D eigenvalue weighted by Gasteiger charge is 2.49. The fourth-order valence-electron chi connectivity index (χ4n) is 3.04. The average Bonchev–Trinajstić information content (AvgIpc) is 2.68. The van der Waals surface area contributed by atoms with Crippen molar-refractivity contribution in [1.82, 2.24) is 10.2 Å². The van der Waals surface area contributed by atoms with Gasteiger partial charge in [0.25, 0.3) is 0 Å². The zero-order chi connectivity index (χ0) is 18.8. The normalized spacial score (nSPS) is 22.9. The van der Waals surface area contributed by atoms with E-state index in [0.717, 1.165) is 17.4 Å². The number of carbonyl (C=O) groups is 1. The van der Waals surface area contributed by atoms with E-state index in [4.69, 9.17) is 9.47 Å². The maximum absolute atomic E-state index is 12.7. The lowest BCUT2D eigenvalue weighted by molar-refractivity contribution is -0.0759. The molecule has 1 N–H and O–H groups in total. The first-order valence-electron chi connectivity index (χ1n) is 8.67. The van der Waals surface area contributed by atoms with Gasteiger partial charge in [-0.05, 0) is 65.7 Å². The molecule has 6 heteroatoms. The van der Waals surface area contributed by atoms with Crippen molar-refractivity contribution in [3.8, 4) is 0 Å². The molecule has 1 aliphatic heterocycles. The van der Waals surface area contributed by atoms with Gasteiger partial charge >= 0.3 is 6.09 Å². The molecule has 0 radical (unpaired) electrons. The van der Waals surface area contributed by atoms with Gasteiger partial charge in [0.2, 0.25) is 0 Å². The molecule has 2 atom stereocenters. The third kappa shape index (κ3) is 5.43. The maximum atomic E-state index is 12.7. The Morgan fingerprint density at radius 1 is 1.32 bits per heavy atom. The monoisotopic (exact) mass is 412 g/mol. The summed E-state index contributed by atoms with van der Waals surface area (Å²) in [5.41, 5.74) is -0.0109. The van der Waals surface area contributed by atoms with E-state index in [9.17, 15) is 4.79 Å². The summed E-state index contributed by atoms with van der Waals surface area (Å²) >= 11 is 3.45. The zero-order valence-electron chi connectivity index (χ0n) is 15.9. The average molecular weight is 413 g/mol. The zero-order valence-corrected chi connectivity index (χ0v) is 17.5. The number of rotatable bonds is 4. The molecule has 1 aromatic rings. The van der Waals surface area contributed by atoms with Crippen LogP contribution in [0.4, 0.5) is 4.79 Å². The molecule has 2 rings (SSSR count). The highest BCUT2D eigenvalue weighted by atomic mass is 79.9. The standard InChI is InChI=1S/C19H29BrN2O3/c1-13-16(21-12-11-14-7-9-15(20)10-8-14)22(19(5,6)24-13)17(23)25-18(2,3)4/h7-10,13,16,21H,11-12H2,1-6H3/t13-,16+/m0/s1. The van der Waals surface area contributed by atoms with Gasteiger partial charge in [-0.15, -0.1) is 0 Å². The molecule has 0 unspecified atom stereocenters. The summed E-state index contributed by atoms with van der Waals surface area (Å²) in [6, 6.07) is 8.26. The molecular weight excluding hydrogens is 384 g/mol. The smallest absolute Gasteiger partial charge is 0.413 e. The van der Waals surface area contributed by atoms with Crippen LogP contribution in [-0.4, -0.2) is 41.1 Å². The number of halogens is 1. The Balaban J connectivity index is 2.02. The lowest BCUT2D eigenvalue weighted by Crippen LogP contribution is -2.55. The van der Waals surface area contributed by atoms with Crippen LogP contribution in [0.15, 0.2) is 28.7 Å². The number of amides is 1. The van der Waals surface area contributed by atoms with Crippen molar-refractivity contribution in [2.24, 2.45) is 0 Å². The van der Waals surface area contributed by atoms with Gasteiger partial charge in [-0.3, -0.25) is 10.2 Å². The molecule has 1 saturated heterocycles. The van der Waals surface area contributed by atoms with Gasteiger partial charge in [-0.1, -0.05) is 28.1 Å². The molecule has 140 valence electrons. The number of ether oxygens (including phenoxy) is 2. The first-order chi connectivity index (χ1) is 11.5.